The average molecular weight is 866 g/mol. The fourth-order valence-electron chi connectivity index (χ4n) is 8.76. The first kappa shape index (κ1) is 50.9. The number of aromatic nitrogens is 2. The Morgan fingerprint density at radius 2 is 1.44 bits per heavy atom. The maximum Gasteiger partial charge on any atom is 0.412 e. The Hall–Kier alpha value is -3.72. The molecule has 2 aliphatic rings. The Labute approximate surface area is 373 Å². The molecule has 350 valence electrons. The predicted molar refractivity (Wildman–Crippen MR) is 249 cm³/mol. The smallest absolute Gasteiger partial charge is 0.412 e. The number of ether oxygens (including phenoxy) is 2. The van der Waals surface area contributed by atoms with Crippen LogP contribution in [0.15, 0.2) is 12.5 Å². The van der Waals surface area contributed by atoms with Gasteiger partial charge in [0, 0.05) is 89.3 Å². The number of nitrogens with one attached hydrogen (secondary N) is 7. The summed E-state index contributed by atoms with van der Waals surface area (Å²) in [6, 6.07) is -0.825. The van der Waals surface area contributed by atoms with Crippen molar-refractivity contribution in [1.82, 2.24) is 46.8 Å². The number of hydrogen-bond acceptors (Lipinski definition) is 10. The molecule has 0 spiro atoms. The number of H-pyrrole nitrogens is 1. The van der Waals surface area contributed by atoms with Crippen LogP contribution in [0.4, 0.5) is 4.79 Å². The third kappa shape index (κ3) is 17.8. The molecular weight excluding hydrogens is 783 g/mol. The van der Waals surface area contributed by atoms with Gasteiger partial charge in [0.1, 0.15) is 23.1 Å². The molecule has 0 unspecified atom stereocenters. The first-order valence-corrected chi connectivity index (χ1v) is 23.9. The van der Waals surface area contributed by atoms with Gasteiger partial charge in [0.05, 0.1) is 12.9 Å². The fraction of sp³-hybridized carbons (Fsp3) is 0.750. The van der Waals surface area contributed by atoms with Gasteiger partial charge in [0.15, 0.2) is 0 Å². The number of fused-ring (bicyclic) bond motifs is 1. The van der Waals surface area contributed by atoms with E-state index in [9.17, 15) is 14.4 Å². The average Bonchev–Trinajstić information content (AvgIpc) is 3.74. The van der Waals surface area contributed by atoms with Crippen LogP contribution in [0.5, 0.6) is 11.5 Å². The van der Waals surface area contributed by atoms with Gasteiger partial charge < -0.3 is 46.4 Å². The van der Waals surface area contributed by atoms with E-state index in [2.05, 4.69) is 88.3 Å². The molecule has 1 aromatic carbocycles. The zero-order valence-corrected chi connectivity index (χ0v) is 39.7. The summed E-state index contributed by atoms with van der Waals surface area (Å²) < 4.78 is 12.8. The maximum atomic E-state index is 13.4. The number of carbonyl (C=O) groups is 3. The van der Waals surface area contributed by atoms with Gasteiger partial charge in [-0.15, -0.1) is 0 Å². The van der Waals surface area contributed by atoms with Crippen molar-refractivity contribution in [3.05, 3.63) is 40.5 Å². The molecule has 7 N–H and O–H groups in total. The van der Waals surface area contributed by atoms with Gasteiger partial charge in [-0.2, -0.15) is 0 Å². The number of benzene rings is 1. The van der Waals surface area contributed by atoms with Crippen molar-refractivity contribution < 1.29 is 23.9 Å². The van der Waals surface area contributed by atoms with Crippen LogP contribution in [-0.2, 0) is 22.4 Å². The number of hydrogen-bond donors (Lipinski definition) is 7. The first-order valence-electron chi connectivity index (χ1n) is 23.9. The molecule has 0 radical (unpaired) electrons. The van der Waals surface area contributed by atoms with Gasteiger partial charge in [-0.05, 0) is 87.8 Å². The molecule has 14 nitrogen and oxygen atoms in total. The van der Waals surface area contributed by atoms with Gasteiger partial charge in [-0.1, -0.05) is 72.6 Å². The van der Waals surface area contributed by atoms with Crippen LogP contribution in [0.3, 0.4) is 0 Å². The molecule has 0 aliphatic carbocycles. The molecule has 3 heterocycles. The third-order valence-electron chi connectivity index (χ3n) is 12.9. The molecule has 2 aliphatic heterocycles. The number of amides is 3. The highest BCUT2D eigenvalue weighted by Crippen LogP contribution is 2.45. The van der Waals surface area contributed by atoms with E-state index in [1.165, 1.54) is 44.9 Å². The molecule has 0 saturated carbocycles. The van der Waals surface area contributed by atoms with E-state index >= 15 is 0 Å². The van der Waals surface area contributed by atoms with E-state index in [0.717, 1.165) is 116 Å². The molecule has 0 bridgehead atoms. The number of imidazole rings is 1. The summed E-state index contributed by atoms with van der Waals surface area (Å²) in [5.41, 5.74) is 4.43. The van der Waals surface area contributed by atoms with Crippen LogP contribution < -0.4 is 41.4 Å². The summed E-state index contributed by atoms with van der Waals surface area (Å²) in [6.07, 6.45) is 16.1. The van der Waals surface area contributed by atoms with E-state index in [1.807, 2.05) is 13.8 Å². The van der Waals surface area contributed by atoms with Crippen LogP contribution in [0.1, 0.15) is 127 Å². The minimum absolute atomic E-state index is 0.151. The number of carbonyl (C=O) groups excluding carboxylic acids is 3. The molecule has 1 saturated heterocycles. The lowest BCUT2D eigenvalue weighted by molar-refractivity contribution is -0.129. The molecule has 62 heavy (non-hydrogen) atoms. The molecular formula is C48H83N9O5. The lowest BCUT2D eigenvalue weighted by atomic mass is 9.83. The zero-order chi connectivity index (χ0) is 44.9. The van der Waals surface area contributed by atoms with Gasteiger partial charge in [0.25, 0.3) is 0 Å². The van der Waals surface area contributed by atoms with E-state index in [0.29, 0.717) is 18.8 Å². The lowest BCUT2D eigenvalue weighted by Gasteiger charge is -2.38. The van der Waals surface area contributed by atoms with Crippen LogP contribution in [0, 0.1) is 38.5 Å². The summed E-state index contributed by atoms with van der Waals surface area (Å²) in [6.45, 7) is 24.7. The molecule has 4 atom stereocenters. The van der Waals surface area contributed by atoms with Crippen molar-refractivity contribution in [2.45, 2.75) is 144 Å². The maximum absolute atomic E-state index is 13.4. The highest BCUT2D eigenvalue weighted by Gasteiger charge is 2.35. The Morgan fingerprint density at radius 1 is 0.823 bits per heavy atom. The second-order valence-corrected chi connectivity index (χ2v) is 19.0. The Balaban J connectivity index is 1.22. The van der Waals surface area contributed by atoms with Crippen molar-refractivity contribution in [2.24, 2.45) is 17.8 Å². The van der Waals surface area contributed by atoms with Crippen molar-refractivity contribution in [1.29, 1.82) is 0 Å². The van der Waals surface area contributed by atoms with Crippen LogP contribution >= 0.6 is 0 Å². The van der Waals surface area contributed by atoms with Crippen molar-refractivity contribution in [2.75, 3.05) is 72.0 Å². The van der Waals surface area contributed by atoms with Gasteiger partial charge in [-0.3, -0.25) is 14.5 Å². The first-order chi connectivity index (χ1) is 29.7. The molecule has 14 heteroatoms. The standard InChI is InChI=1S/C48H83N9O5/c1-34(2)12-9-13-35(3)14-10-15-36(4)16-11-18-48(8)19-17-41-39(7)44(37(5)38(6)45(41)62-48)61-47(60)54-25-24-53-46(59)42(30-40-31-52-33-55-40)56-43(58)32-57-28-26-50-22-20-49-21-23-51-27-29-57/h31,33-36,42,49-51H,9-30,32H2,1-8H3,(H,52,55)(H,53,59)(H,54,60)(H,56,58)/t35-,36-,42+,48-/m1/s1. The minimum atomic E-state index is -0.825. The summed E-state index contributed by atoms with van der Waals surface area (Å²) in [5.74, 6) is 3.28. The normalized spacial score (nSPS) is 19.2. The molecule has 2 aromatic rings. The van der Waals surface area contributed by atoms with Gasteiger partial charge in [-0.25, -0.2) is 9.78 Å². The molecule has 3 amide bonds. The van der Waals surface area contributed by atoms with Gasteiger partial charge >= 0.3 is 6.09 Å². The van der Waals surface area contributed by atoms with Crippen molar-refractivity contribution >= 4 is 17.9 Å². The molecule has 4 rings (SSSR count). The van der Waals surface area contributed by atoms with Crippen LogP contribution in [-0.4, -0.2) is 116 Å². The van der Waals surface area contributed by atoms with Gasteiger partial charge in [0.2, 0.25) is 11.8 Å². The summed E-state index contributed by atoms with van der Waals surface area (Å²) in [7, 11) is 0. The lowest BCUT2D eigenvalue weighted by Crippen LogP contribution is -2.52. The number of rotatable bonds is 22. The van der Waals surface area contributed by atoms with E-state index < -0.39 is 12.1 Å². The van der Waals surface area contributed by atoms with Crippen LogP contribution in [0.25, 0.3) is 0 Å². The minimum Gasteiger partial charge on any atom is -0.487 e. The second kappa shape index (κ2) is 26.8. The summed E-state index contributed by atoms with van der Waals surface area (Å²) in [5, 5.41) is 18.8. The van der Waals surface area contributed by atoms with Crippen molar-refractivity contribution in [3.8, 4) is 11.5 Å². The largest absolute Gasteiger partial charge is 0.487 e. The highest BCUT2D eigenvalue weighted by molar-refractivity contribution is 5.88. The zero-order valence-electron chi connectivity index (χ0n) is 39.7. The number of aromatic amines is 1. The highest BCUT2D eigenvalue weighted by atomic mass is 16.6. The third-order valence-corrected chi connectivity index (χ3v) is 12.9. The van der Waals surface area contributed by atoms with Crippen molar-refractivity contribution in [3.63, 3.8) is 0 Å². The quantitative estimate of drug-likeness (QED) is 0.0710. The summed E-state index contributed by atoms with van der Waals surface area (Å²) in [4.78, 5) is 49.0. The number of nitrogens with zero attached hydrogens (tertiary/aromatic N) is 2. The summed E-state index contributed by atoms with van der Waals surface area (Å²) >= 11 is 0. The van der Waals surface area contributed by atoms with Crippen LogP contribution in [0.2, 0.25) is 0 Å². The van der Waals surface area contributed by atoms with E-state index in [-0.39, 0.29) is 43.5 Å². The Kier molecular flexibility index (Phi) is 22.0. The van der Waals surface area contributed by atoms with E-state index in [4.69, 9.17) is 9.47 Å². The monoisotopic (exact) mass is 866 g/mol. The second-order valence-electron chi connectivity index (χ2n) is 19.0. The molecule has 1 aromatic heterocycles. The van der Waals surface area contributed by atoms with E-state index in [1.54, 1.807) is 12.5 Å². The SMILES string of the molecule is Cc1c(C)c2c(c(C)c1OC(=O)NCCNC(=O)[C@H](Cc1cnc[nH]1)NC(=O)CN1CCNCCNCCNCC1)CC[C@@](C)(CCC[C@H](C)CCC[C@H](C)CCCC(C)C)O2. The molecule has 1 fully saturated rings. The Morgan fingerprint density at radius 3 is 2.06 bits per heavy atom. The predicted octanol–water partition coefficient (Wildman–Crippen LogP) is 5.87. The topological polar surface area (TPSA) is 174 Å². The fourth-order valence-corrected chi connectivity index (χ4v) is 8.76. The Bertz CT molecular complexity index is 1640.